The largest absolute Gasteiger partial charge is 0.496 e. The number of benzene rings is 1. The average molecular weight is 323 g/mol. The molecule has 0 amide bonds. The van der Waals surface area contributed by atoms with Crippen LogP contribution in [-0.2, 0) is 6.54 Å². The number of nitrogens with zero attached hydrogens (tertiary/aromatic N) is 2. The molecule has 1 fully saturated rings. The number of likely N-dealkylation sites (tertiary alicyclic amines) is 1. The van der Waals surface area contributed by atoms with Crippen molar-refractivity contribution in [2.75, 3.05) is 20.2 Å². The van der Waals surface area contributed by atoms with Gasteiger partial charge in [0.25, 0.3) is 0 Å². The summed E-state index contributed by atoms with van der Waals surface area (Å²) in [5, 5.41) is 3.96. The Morgan fingerprint density at radius 3 is 2.86 bits per heavy atom. The molecule has 1 saturated heterocycles. The summed E-state index contributed by atoms with van der Waals surface area (Å²) < 4.78 is 5.41. The molecular weight excluding hydrogens is 304 g/mol. The predicted octanol–water partition coefficient (Wildman–Crippen LogP) is 4.46. The van der Waals surface area contributed by atoms with Crippen molar-refractivity contribution in [2.24, 2.45) is 0 Å². The SMILES string of the molecule is COc1ccc(Cl)cc1-c1csc(CN2CCCCC2)n1. The van der Waals surface area contributed by atoms with Crippen LogP contribution in [0, 0.1) is 0 Å². The van der Waals surface area contributed by atoms with Gasteiger partial charge in [0.15, 0.2) is 0 Å². The van der Waals surface area contributed by atoms with Crippen LogP contribution in [0.5, 0.6) is 5.75 Å². The van der Waals surface area contributed by atoms with Gasteiger partial charge in [0.05, 0.1) is 19.3 Å². The van der Waals surface area contributed by atoms with E-state index in [-0.39, 0.29) is 0 Å². The molecule has 0 aliphatic carbocycles. The quantitative estimate of drug-likeness (QED) is 0.831. The molecule has 1 aromatic carbocycles. The topological polar surface area (TPSA) is 25.4 Å². The van der Waals surface area contributed by atoms with Gasteiger partial charge in [0, 0.05) is 16.0 Å². The van der Waals surface area contributed by atoms with E-state index in [1.54, 1.807) is 18.4 Å². The van der Waals surface area contributed by atoms with Crippen LogP contribution in [0.4, 0.5) is 0 Å². The van der Waals surface area contributed by atoms with Crippen molar-refractivity contribution < 1.29 is 4.74 Å². The summed E-state index contributed by atoms with van der Waals surface area (Å²) in [5.41, 5.74) is 1.91. The summed E-state index contributed by atoms with van der Waals surface area (Å²) in [6.45, 7) is 3.33. The van der Waals surface area contributed by atoms with Crippen LogP contribution < -0.4 is 4.74 Å². The first-order chi connectivity index (χ1) is 10.3. The molecular formula is C16H19ClN2OS. The summed E-state index contributed by atoms with van der Waals surface area (Å²) in [6.07, 6.45) is 3.97. The summed E-state index contributed by atoms with van der Waals surface area (Å²) in [7, 11) is 1.67. The Bertz CT molecular complexity index is 608. The lowest BCUT2D eigenvalue weighted by Gasteiger charge is -2.25. The summed E-state index contributed by atoms with van der Waals surface area (Å²) in [5.74, 6) is 0.814. The molecule has 0 radical (unpaired) electrons. The van der Waals surface area contributed by atoms with E-state index in [1.807, 2.05) is 18.2 Å². The molecule has 2 aromatic rings. The molecule has 21 heavy (non-hydrogen) atoms. The lowest BCUT2D eigenvalue weighted by atomic mass is 10.1. The molecule has 0 spiro atoms. The van der Waals surface area contributed by atoms with Gasteiger partial charge in [-0.15, -0.1) is 11.3 Å². The van der Waals surface area contributed by atoms with Crippen molar-refractivity contribution in [1.29, 1.82) is 0 Å². The van der Waals surface area contributed by atoms with Crippen molar-refractivity contribution in [1.82, 2.24) is 9.88 Å². The lowest BCUT2D eigenvalue weighted by molar-refractivity contribution is 0.220. The Morgan fingerprint density at radius 2 is 2.10 bits per heavy atom. The van der Waals surface area contributed by atoms with E-state index in [2.05, 4.69) is 10.3 Å². The number of ether oxygens (including phenoxy) is 1. The standard InChI is InChI=1S/C16H19ClN2OS/c1-20-15-6-5-12(17)9-13(15)14-11-21-16(18-14)10-19-7-3-2-4-8-19/h5-6,9,11H,2-4,7-8,10H2,1H3. The van der Waals surface area contributed by atoms with Gasteiger partial charge in [-0.3, -0.25) is 4.90 Å². The van der Waals surface area contributed by atoms with Crippen LogP contribution in [-0.4, -0.2) is 30.1 Å². The van der Waals surface area contributed by atoms with Crippen LogP contribution in [0.15, 0.2) is 23.6 Å². The zero-order valence-electron chi connectivity index (χ0n) is 12.1. The van der Waals surface area contributed by atoms with Crippen LogP contribution in [0.1, 0.15) is 24.3 Å². The zero-order valence-corrected chi connectivity index (χ0v) is 13.7. The van der Waals surface area contributed by atoms with Crippen LogP contribution in [0.3, 0.4) is 0 Å². The number of piperidine rings is 1. The Kier molecular flexibility index (Phi) is 4.78. The minimum Gasteiger partial charge on any atom is -0.496 e. The number of aromatic nitrogens is 1. The molecule has 112 valence electrons. The van der Waals surface area contributed by atoms with Crippen molar-refractivity contribution in [3.05, 3.63) is 33.6 Å². The fourth-order valence-electron chi connectivity index (χ4n) is 2.70. The molecule has 0 unspecified atom stereocenters. The maximum atomic E-state index is 6.10. The van der Waals surface area contributed by atoms with E-state index < -0.39 is 0 Å². The molecule has 0 bridgehead atoms. The number of methoxy groups -OCH3 is 1. The number of thiazole rings is 1. The highest BCUT2D eigenvalue weighted by atomic mass is 35.5. The third-order valence-corrected chi connectivity index (χ3v) is 4.87. The second-order valence-electron chi connectivity index (χ2n) is 5.31. The van der Waals surface area contributed by atoms with E-state index >= 15 is 0 Å². The van der Waals surface area contributed by atoms with Gasteiger partial charge in [0.2, 0.25) is 0 Å². The highest BCUT2D eigenvalue weighted by Crippen LogP contribution is 2.33. The van der Waals surface area contributed by atoms with Gasteiger partial charge in [-0.2, -0.15) is 0 Å². The molecule has 5 heteroatoms. The monoisotopic (exact) mass is 322 g/mol. The summed E-state index contributed by atoms with van der Waals surface area (Å²) >= 11 is 7.81. The molecule has 0 saturated carbocycles. The second kappa shape index (κ2) is 6.77. The fourth-order valence-corrected chi connectivity index (χ4v) is 3.70. The first-order valence-electron chi connectivity index (χ1n) is 7.27. The summed E-state index contributed by atoms with van der Waals surface area (Å²) in [6, 6.07) is 5.65. The molecule has 3 nitrogen and oxygen atoms in total. The van der Waals surface area contributed by atoms with Gasteiger partial charge >= 0.3 is 0 Å². The van der Waals surface area contributed by atoms with Crippen LogP contribution >= 0.6 is 22.9 Å². The highest BCUT2D eigenvalue weighted by molar-refractivity contribution is 7.09. The maximum absolute atomic E-state index is 6.10. The Balaban J connectivity index is 1.79. The van der Waals surface area contributed by atoms with E-state index in [1.165, 1.54) is 32.4 Å². The highest BCUT2D eigenvalue weighted by Gasteiger charge is 2.14. The lowest BCUT2D eigenvalue weighted by Crippen LogP contribution is -2.28. The normalized spacial score (nSPS) is 16.1. The van der Waals surface area contributed by atoms with Crippen LogP contribution in [0.25, 0.3) is 11.3 Å². The van der Waals surface area contributed by atoms with E-state index in [9.17, 15) is 0 Å². The van der Waals surface area contributed by atoms with Crippen molar-refractivity contribution in [3.63, 3.8) is 0 Å². The van der Waals surface area contributed by atoms with Crippen molar-refractivity contribution in [2.45, 2.75) is 25.8 Å². The fraction of sp³-hybridized carbons (Fsp3) is 0.438. The van der Waals surface area contributed by atoms with E-state index in [0.29, 0.717) is 5.02 Å². The zero-order chi connectivity index (χ0) is 14.7. The van der Waals surface area contributed by atoms with Crippen molar-refractivity contribution >= 4 is 22.9 Å². The third-order valence-electron chi connectivity index (χ3n) is 3.80. The second-order valence-corrected chi connectivity index (χ2v) is 6.69. The van der Waals surface area contributed by atoms with Gasteiger partial charge in [-0.05, 0) is 44.1 Å². The van der Waals surface area contributed by atoms with Gasteiger partial charge in [-0.25, -0.2) is 4.98 Å². The number of hydrogen-bond donors (Lipinski definition) is 0. The van der Waals surface area contributed by atoms with Gasteiger partial charge in [-0.1, -0.05) is 18.0 Å². The predicted molar refractivity (Wildman–Crippen MR) is 88.2 cm³/mol. The first kappa shape index (κ1) is 14.8. The third kappa shape index (κ3) is 3.57. The first-order valence-corrected chi connectivity index (χ1v) is 8.52. The minimum atomic E-state index is 0.705. The molecule has 3 rings (SSSR count). The molecule has 1 aliphatic heterocycles. The average Bonchev–Trinajstić information content (AvgIpc) is 2.96. The Hall–Kier alpha value is -1.10. The Morgan fingerprint density at radius 1 is 1.29 bits per heavy atom. The van der Waals surface area contributed by atoms with E-state index in [4.69, 9.17) is 21.3 Å². The molecule has 1 aromatic heterocycles. The molecule has 0 atom stereocenters. The molecule has 0 N–H and O–H groups in total. The minimum absolute atomic E-state index is 0.705. The maximum Gasteiger partial charge on any atom is 0.128 e. The molecule has 2 heterocycles. The molecule has 1 aliphatic rings. The van der Waals surface area contributed by atoms with Crippen molar-refractivity contribution in [3.8, 4) is 17.0 Å². The Labute approximate surface area is 134 Å². The number of halogens is 1. The summed E-state index contributed by atoms with van der Waals surface area (Å²) in [4.78, 5) is 7.25. The van der Waals surface area contributed by atoms with Crippen LogP contribution in [0.2, 0.25) is 5.02 Å². The number of rotatable bonds is 4. The smallest absolute Gasteiger partial charge is 0.128 e. The van der Waals surface area contributed by atoms with Gasteiger partial charge < -0.3 is 4.74 Å². The van der Waals surface area contributed by atoms with Gasteiger partial charge in [0.1, 0.15) is 10.8 Å². The van der Waals surface area contributed by atoms with E-state index in [0.717, 1.165) is 28.6 Å². The number of hydrogen-bond acceptors (Lipinski definition) is 4.